The summed E-state index contributed by atoms with van der Waals surface area (Å²) in [5.74, 6) is 0.721. The van der Waals surface area contributed by atoms with E-state index in [0.717, 1.165) is 28.5 Å². The van der Waals surface area contributed by atoms with E-state index in [9.17, 15) is 0 Å². The summed E-state index contributed by atoms with van der Waals surface area (Å²) in [5, 5.41) is 0. The second-order valence-electron chi connectivity index (χ2n) is 4.40. The lowest BCUT2D eigenvalue weighted by atomic mass is 10.3. The lowest BCUT2D eigenvalue weighted by Crippen LogP contribution is -1.93. The molecule has 0 unspecified atom stereocenters. The first-order valence-corrected chi connectivity index (χ1v) is 6.84. The van der Waals surface area contributed by atoms with E-state index in [4.69, 9.17) is 5.73 Å². The van der Waals surface area contributed by atoms with Crippen molar-refractivity contribution < 1.29 is 0 Å². The highest BCUT2D eigenvalue weighted by Gasteiger charge is 2.12. The molecule has 0 aliphatic carbocycles. The molecule has 3 nitrogen and oxygen atoms in total. The molecule has 0 aromatic carbocycles. The molecule has 0 bridgehead atoms. The quantitative estimate of drug-likeness (QED) is 0.763. The molecule has 3 heterocycles. The predicted octanol–water partition coefficient (Wildman–Crippen LogP) is 3.52. The Kier molecular flexibility index (Phi) is 2.59. The third-order valence-electron chi connectivity index (χ3n) is 3.05. The van der Waals surface area contributed by atoms with Crippen molar-refractivity contribution in [1.29, 1.82) is 0 Å². The zero-order chi connectivity index (χ0) is 12.7. The highest BCUT2D eigenvalue weighted by molar-refractivity contribution is 7.15. The number of aromatic nitrogens is 2. The maximum Gasteiger partial charge on any atom is 0.139 e. The monoisotopic (exact) mass is 257 g/mol. The Morgan fingerprint density at radius 3 is 2.83 bits per heavy atom. The molecule has 0 spiro atoms. The molecular formula is C14H15N3S. The highest BCUT2D eigenvalue weighted by atomic mass is 32.1. The number of nitrogens with two attached hydrogens (primary N) is 1. The Balaban J connectivity index is 2.20. The molecule has 2 N–H and O–H groups in total. The zero-order valence-corrected chi connectivity index (χ0v) is 11.3. The molecule has 0 atom stereocenters. The fourth-order valence-electron chi connectivity index (χ4n) is 2.05. The Morgan fingerprint density at radius 1 is 1.28 bits per heavy atom. The third-order valence-corrected chi connectivity index (χ3v) is 4.28. The molecule has 0 saturated carbocycles. The molecule has 0 radical (unpaired) electrons. The fraction of sp³-hybridized carbons (Fsp3) is 0.214. The van der Waals surface area contributed by atoms with Gasteiger partial charge in [0.2, 0.25) is 0 Å². The minimum absolute atomic E-state index is 0.721. The van der Waals surface area contributed by atoms with Crippen LogP contribution in [0.15, 0.2) is 30.5 Å². The first-order valence-electron chi connectivity index (χ1n) is 6.02. The van der Waals surface area contributed by atoms with Gasteiger partial charge < -0.3 is 5.73 Å². The van der Waals surface area contributed by atoms with Gasteiger partial charge in [-0.15, -0.1) is 11.3 Å². The molecule has 92 valence electrons. The van der Waals surface area contributed by atoms with Crippen LogP contribution in [-0.2, 0) is 6.42 Å². The van der Waals surface area contributed by atoms with Crippen LogP contribution in [0.2, 0.25) is 0 Å². The van der Waals surface area contributed by atoms with E-state index >= 15 is 0 Å². The molecule has 3 aromatic heterocycles. The average Bonchev–Trinajstić information content (AvgIpc) is 2.95. The summed E-state index contributed by atoms with van der Waals surface area (Å²) in [4.78, 5) is 7.12. The van der Waals surface area contributed by atoms with E-state index in [1.165, 1.54) is 10.4 Å². The van der Waals surface area contributed by atoms with Crippen LogP contribution in [0.4, 0.5) is 5.82 Å². The van der Waals surface area contributed by atoms with Gasteiger partial charge in [-0.1, -0.05) is 13.0 Å². The number of pyridine rings is 1. The van der Waals surface area contributed by atoms with Crippen molar-refractivity contribution in [1.82, 2.24) is 9.38 Å². The minimum atomic E-state index is 0.721. The molecule has 0 fully saturated rings. The summed E-state index contributed by atoms with van der Waals surface area (Å²) in [7, 11) is 0. The zero-order valence-electron chi connectivity index (χ0n) is 10.5. The van der Waals surface area contributed by atoms with Crippen LogP contribution in [0.25, 0.3) is 16.2 Å². The van der Waals surface area contributed by atoms with E-state index in [0.29, 0.717) is 0 Å². The molecule has 0 saturated heterocycles. The highest BCUT2D eigenvalue weighted by Crippen LogP contribution is 2.32. The van der Waals surface area contributed by atoms with Gasteiger partial charge in [-0.05, 0) is 37.1 Å². The Bertz CT molecular complexity index is 709. The van der Waals surface area contributed by atoms with Crippen molar-refractivity contribution in [3.8, 4) is 10.6 Å². The number of thiophene rings is 1. The molecule has 3 rings (SSSR count). The smallest absolute Gasteiger partial charge is 0.139 e. The maximum absolute atomic E-state index is 6.20. The normalized spacial score (nSPS) is 11.2. The van der Waals surface area contributed by atoms with Gasteiger partial charge in [0.15, 0.2) is 0 Å². The van der Waals surface area contributed by atoms with Gasteiger partial charge in [0.1, 0.15) is 17.2 Å². The van der Waals surface area contributed by atoms with Crippen molar-refractivity contribution in [2.45, 2.75) is 20.3 Å². The first kappa shape index (κ1) is 11.3. The largest absolute Gasteiger partial charge is 0.383 e. The van der Waals surface area contributed by atoms with Crippen LogP contribution in [0.1, 0.15) is 17.4 Å². The van der Waals surface area contributed by atoms with E-state index in [1.807, 2.05) is 16.7 Å². The fourth-order valence-corrected chi connectivity index (χ4v) is 2.99. The maximum atomic E-state index is 6.20. The molecule has 0 aliphatic heterocycles. The summed E-state index contributed by atoms with van der Waals surface area (Å²) in [6, 6.07) is 8.31. The molecule has 18 heavy (non-hydrogen) atoms. The van der Waals surface area contributed by atoms with Crippen LogP contribution in [0.5, 0.6) is 0 Å². The number of nitrogen functional groups attached to an aromatic ring is 1. The second kappa shape index (κ2) is 4.14. The van der Waals surface area contributed by atoms with Crippen molar-refractivity contribution in [3.05, 3.63) is 40.9 Å². The van der Waals surface area contributed by atoms with Gasteiger partial charge in [-0.3, -0.25) is 4.40 Å². The summed E-state index contributed by atoms with van der Waals surface area (Å²) in [5.41, 5.74) is 9.17. The Labute approximate surface area is 110 Å². The van der Waals surface area contributed by atoms with Crippen molar-refractivity contribution in [2.24, 2.45) is 0 Å². The Morgan fingerprint density at radius 2 is 2.11 bits per heavy atom. The summed E-state index contributed by atoms with van der Waals surface area (Å²) < 4.78 is 1.95. The Hall–Kier alpha value is -1.81. The topological polar surface area (TPSA) is 43.3 Å². The van der Waals surface area contributed by atoms with Gasteiger partial charge in [0.25, 0.3) is 0 Å². The molecular weight excluding hydrogens is 242 g/mol. The van der Waals surface area contributed by atoms with Gasteiger partial charge in [-0.25, -0.2) is 4.98 Å². The van der Waals surface area contributed by atoms with Crippen molar-refractivity contribution in [3.63, 3.8) is 0 Å². The lowest BCUT2D eigenvalue weighted by molar-refractivity contribution is 1.16. The number of nitrogens with zero attached hydrogens (tertiary/aromatic N) is 2. The number of hydrogen-bond acceptors (Lipinski definition) is 3. The standard InChI is InChI=1S/C14H15N3S/c1-3-10-5-6-11(18-10)13-14(15)17-8-9(2)4-7-12(17)16-13/h4-8H,3,15H2,1-2H3. The number of hydrogen-bond donors (Lipinski definition) is 1. The van der Waals surface area contributed by atoms with Crippen LogP contribution >= 0.6 is 11.3 Å². The van der Waals surface area contributed by atoms with E-state index in [-0.39, 0.29) is 0 Å². The van der Waals surface area contributed by atoms with Crippen molar-refractivity contribution >= 4 is 22.8 Å². The van der Waals surface area contributed by atoms with Crippen molar-refractivity contribution in [2.75, 3.05) is 5.73 Å². The molecule has 3 aromatic rings. The van der Waals surface area contributed by atoms with Crippen LogP contribution in [0.3, 0.4) is 0 Å². The van der Waals surface area contributed by atoms with Gasteiger partial charge in [0.05, 0.1) is 4.88 Å². The van der Waals surface area contributed by atoms with Crippen LogP contribution in [0, 0.1) is 6.92 Å². The summed E-state index contributed by atoms with van der Waals surface area (Å²) in [6.45, 7) is 4.21. The number of aryl methyl sites for hydroxylation is 2. The second-order valence-corrected chi connectivity index (χ2v) is 5.57. The van der Waals surface area contributed by atoms with E-state index < -0.39 is 0 Å². The van der Waals surface area contributed by atoms with Gasteiger partial charge >= 0.3 is 0 Å². The van der Waals surface area contributed by atoms with Gasteiger partial charge in [-0.2, -0.15) is 0 Å². The molecule has 0 amide bonds. The van der Waals surface area contributed by atoms with Gasteiger partial charge in [0, 0.05) is 11.1 Å². The molecule has 0 aliphatic rings. The third kappa shape index (κ3) is 1.69. The van der Waals surface area contributed by atoms with E-state index in [1.54, 1.807) is 11.3 Å². The summed E-state index contributed by atoms with van der Waals surface area (Å²) >= 11 is 1.76. The predicted molar refractivity (Wildman–Crippen MR) is 77.0 cm³/mol. The minimum Gasteiger partial charge on any atom is -0.383 e. The average molecular weight is 257 g/mol. The number of rotatable bonds is 2. The van der Waals surface area contributed by atoms with Crippen LogP contribution in [-0.4, -0.2) is 9.38 Å². The molecule has 4 heteroatoms. The number of fused-ring (bicyclic) bond motifs is 1. The number of anilines is 1. The first-order chi connectivity index (χ1) is 8.69. The summed E-state index contributed by atoms with van der Waals surface area (Å²) in [6.07, 6.45) is 3.08. The SMILES string of the molecule is CCc1ccc(-c2nc3ccc(C)cn3c2N)s1. The van der Waals surface area contributed by atoms with Crippen LogP contribution < -0.4 is 5.73 Å². The number of imidazole rings is 1. The lowest BCUT2D eigenvalue weighted by Gasteiger charge is -1.98. The van der Waals surface area contributed by atoms with E-state index in [2.05, 4.69) is 37.0 Å².